The number of amides is 1. The fourth-order valence-electron chi connectivity index (χ4n) is 2.14. The highest BCUT2D eigenvalue weighted by Gasteiger charge is 2.19. The van der Waals surface area contributed by atoms with Crippen LogP contribution in [0.2, 0.25) is 0 Å². The first kappa shape index (κ1) is 17.2. The van der Waals surface area contributed by atoms with Crippen molar-refractivity contribution in [1.29, 1.82) is 0 Å². The van der Waals surface area contributed by atoms with Crippen molar-refractivity contribution in [3.8, 4) is 11.4 Å². The fraction of sp³-hybridized carbons (Fsp3) is 0.250. The molecule has 2 heterocycles. The number of rotatable bonds is 6. The summed E-state index contributed by atoms with van der Waals surface area (Å²) in [5, 5.41) is 9.06. The smallest absolute Gasteiger partial charge is 0.271 e. The van der Waals surface area contributed by atoms with Gasteiger partial charge in [0, 0.05) is 17.4 Å². The summed E-state index contributed by atoms with van der Waals surface area (Å²) in [6, 6.07) is 5.37. The van der Waals surface area contributed by atoms with Gasteiger partial charge in [-0.2, -0.15) is 4.98 Å². The van der Waals surface area contributed by atoms with Crippen molar-refractivity contribution in [2.75, 3.05) is 6.54 Å². The maximum Gasteiger partial charge on any atom is 0.271 e. The van der Waals surface area contributed by atoms with Gasteiger partial charge in [0.1, 0.15) is 17.6 Å². The average Bonchev–Trinajstić information content (AvgIpc) is 3.25. The van der Waals surface area contributed by atoms with E-state index in [-0.39, 0.29) is 23.4 Å². The topological polar surface area (TPSA) is 107 Å². The van der Waals surface area contributed by atoms with Crippen LogP contribution in [0, 0.1) is 5.82 Å². The lowest BCUT2D eigenvalue weighted by Gasteiger charge is -2.07. The van der Waals surface area contributed by atoms with Crippen LogP contribution in [0.25, 0.3) is 11.4 Å². The quantitative estimate of drug-likeness (QED) is 0.698. The molecule has 1 aromatic carbocycles. The molecule has 0 saturated carbocycles. The van der Waals surface area contributed by atoms with Crippen molar-refractivity contribution in [2.24, 2.45) is 5.73 Å². The number of thiazole rings is 1. The number of hydrogen-bond donors (Lipinski definition) is 2. The number of nitrogens with two attached hydrogens (primary N) is 1. The summed E-state index contributed by atoms with van der Waals surface area (Å²) in [5.41, 5.74) is 6.30. The highest BCUT2D eigenvalue weighted by Crippen LogP contribution is 2.20. The summed E-state index contributed by atoms with van der Waals surface area (Å²) >= 11 is 1.39. The molecule has 3 aromatic rings. The molecule has 0 aliphatic heterocycles. The van der Waals surface area contributed by atoms with Crippen LogP contribution in [-0.2, 0) is 6.42 Å². The van der Waals surface area contributed by atoms with Crippen LogP contribution >= 0.6 is 11.3 Å². The molecule has 0 aliphatic carbocycles. The summed E-state index contributed by atoms with van der Waals surface area (Å²) < 4.78 is 18.4. The van der Waals surface area contributed by atoms with Crippen LogP contribution < -0.4 is 11.1 Å². The highest BCUT2D eigenvalue weighted by atomic mass is 32.1. The third-order valence-electron chi connectivity index (χ3n) is 3.39. The molecule has 3 N–H and O–H groups in total. The maximum absolute atomic E-state index is 13.3. The predicted octanol–water partition coefficient (Wildman–Crippen LogP) is 2.32. The maximum atomic E-state index is 13.3. The molecule has 1 unspecified atom stereocenters. The minimum absolute atomic E-state index is 0.227. The Labute approximate surface area is 147 Å². The van der Waals surface area contributed by atoms with Crippen LogP contribution in [-0.4, -0.2) is 27.6 Å². The average molecular weight is 361 g/mol. The van der Waals surface area contributed by atoms with Crippen molar-refractivity contribution in [2.45, 2.75) is 19.4 Å². The summed E-state index contributed by atoms with van der Waals surface area (Å²) in [4.78, 5) is 20.7. The lowest BCUT2D eigenvalue weighted by Crippen LogP contribution is -2.27. The van der Waals surface area contributed by atoms with Gasteiger partial charge in [-0.1, -0.05) is 17.3 Å². The molecular formula is C16H16FN5O2S. The van der Waals surface area contributed by atoms with Gasteiger partial charge in [0.15, 0.2) is 0 Å². The number of carbonyl (C=O) groups is 1. The zero-order valence-corrected chi connectivity index (χ0v) is 14.2. The summed E-state index contributed by atoms with van der Waals surface area (Å²) in [5.74, 6) is -0.237. The van der Waals surface area contributed by atoms with Crippen molar-refractivity contribution in [1.82, 2.24) is 20.4 Å². The van der Waals surface area contributed by atoms with E-state index in [1.54, 1.807) is 24.4 Å². The second-order valence-electron chi connectivity index (χ2n) is 5.33. The minimum Gasteiger partial charge on any atom is -0.339 e. The molecule has 25 heavy (non-hydrogen) atoms. The van der Waals surface area contributed by atoms with Gasteiger partial charge < -0.3 is 15.6 Å². The molecule has 9 heteroatoms. The Bertz CT molecular complexity index is 879. The van der Waals surface area contributed by atoms with E-state index in [0.717, 1.165) is 5.01 Å². The standard InChI is InChI=1S/C16H16FN5O2S/c1-9(19-15(23)12-8-25-13(20-12)5-6-18)16-21-14(22-24-16)10-3-2-4-11(17)7-10/h2-4,7-9H,5-6,18H2,1H3,(H,19,23). The first-order chi connectivity index (χ1) is 12.1. The molecule has 0 saturated heterocycles. The lowest BCUT2D eigenvalue weighted by atomic mass is 10.2. The van der Waals surface area contributed by atoms with Gasteiger partial charge in [0.2, 0.25) is 11.7 Å². The molecular weight excluding hydrogens is 345 g/mol. The van der Waals surface area contributed by atoms with Gasteiger partial charge in [0.25, 0.3) is 5.91 Å². The van der Waals surface area contributed by atoms with Crippen LogP contribution in [0.3, 0.4) is 0 Å². The largest absolute Gasteiger partial charge is 0.339 e. The van der Waals surface area contributed by atoms with E-state index in [2.05, 4.69) is 20.4 Å². The summed E-state index contributed by atoms with van der Waals surface area (Å²) in [7, 11) is 0. The van der Waals surface area contributed by atoms with Gasteiger partial charge in [-0.05, 0) is 25.6 Å². The van der Waals surface area contributed by atoms with Gasteiger partial charge in [0.05, 0.1) is 5.01 Å². The van der Waals surface area contributed by atoms with Gasteiger partial charge in [-0.3, -0.25) is 4.79 Å². The number of carbonyl (C=O) groups excluding carboxylic acids is 1. The Balaban J connectivity index is 1.68. The van der Waals surface area contributed by atoms with E-state index in [9.17, 15) is 9.18 Å². The van der Waals surface area contributed by atoms with Crippen molar-refractivity contribution >= 4 is 17.2 Å². The van der Waals surface area contributed by atoms with E-state index in [0.29, 0.717) is 24.2 Å². The number of benzene rings is 1. The SMILES string of the molecule is CC(NC(=O)c1csc(CCN)n1)c1nc(-c2cccc(F)c2)no1. The number of nitrogens with zero attached hydrogens (tertiary/aromatic N) is 3. The van der Waals surface area contributed by atoms with Crippen LogP contribution in [0.15, 0.2) is 34.2 Å². The molecule has 1 atom stereocenters. The number of aromatic nitrogens is 3. The van der Waals surface area contributed by atoms with Crippen molar-refractivity contribution in [3.05, 3.63) is 52.1 Å². The Morgan fingerprint density at radius 3 is 3.04 bits per heavy atom. The molecule has 0 aliphatic rings. The second kappa shape index (κ2) is 7.49. The van der Waals surface area contributed by atoms with E-state index >= 15 is 0 Å². The summed E-state index contributed by atoms with van der Waals surface area (Å²) in [6.45, 7) is 2.20. The molecule has 0 spiro atoms. The van der Waals surface area contributed by atoms with Crippen molar-refractivity contribution < 1.29 is 13.7 Å². The molecule has 7 nitrogen and oxygen atoms in total. The predicted molar refractivity (Wildman–Crippen MR) is 90.4 cm³/mol. The van der Waals surface area contributed by atoms with E-state index in [1.165, 1.54) is 23.5 Å². The van der Waals surface area contributed by atoms with Gasteiger partial charge in [-0.25, -0.2) is 9.37 Å². The lowest BCUT2D eigenvalue weighted by molar-refractivity contribution is 0.0928. The fourth-order valence-corrected chi connectivity index (χ4v) is 2.94. The van der Waals surface area contributed by atoms with Crippen LogP contribution in [0.5, 0.6) is 0 Å². The monoisotopic (exact) mass is 361 g/mol. The zero-order valence-electron chi connectivity index (χ0n) is 13.4. The zero-order chi connectivity index (χ0) is 17.8. The molecule has 2 aromatic heterocycles. The normalized spacial score (nSPS) is 12.1. The first-order valence-corrected chi connectivity index (χ1v) is 8.49. The van der Waals surface area contributed by atoms with Crippen LogP contribution in [0.4, 0.5) is 4.39 Å². The molecule has 130 valence electrons. The Hall–Kier alpha value is -2.65. The third kappa shape index (κ3) is 4.06. The molecule has 0 fully saturated rings. The highest BCUT2D eigenvalue weighted by molar-refractivity contribution is 7.09. The number of halogens is 1. The van der Waals surface area contributed by atoms with E-state index in [4.69, 9.17) is 10.3 Å². The molecule has 1 amide bonds. The van der Waals surface area contributed by atoms with Crippen molar-refractivity contribution in [3.63, 3.8) is 0 Å². The molecule has 3 rings (SSSR count). The number of hydrogen-bond acceptors (Lipinski definition) is 7. The molecule has 0 radical (unpaired) electrons. The Kier molecular flexibility index (Phi) is 5.15. The second-order valence-corrected chi connectivity index (χ2v) is 6.27. The van der Waals surface area contributed by atoms with E-state index < -0.39 is 6.04 Å². The van der Waals surface area contributed by atoms with Gasteiger partial charge >= 0.3 is 0 Å². The summed E-state index contributed by atoms with van der Waals surface area (Å²) in [6.07, 6.45) is 0.633. The molecule has 0 bridgehead atoms. The Morgan fingerprint density at radius 2 is 2.28 bits per heavy atom. The Morgan fingerprint density at radius 1 is 1.44 bits per heavy atom. The first-order valence-electron chi connectivity index (χ1n) is 7.61. The van der Waals surface area contributed by atoms with E-state index in [1.807, 2.05) is 0 Å². The van der Waals surface area contributed by atoms with Crippen LogP contribution in [0.1, 0.15) is 34.4 Å². The number of nitrogens with one attached hydrogen (secondary N) is 1. The minimum atomic E-state index is -0.512. The van der Waals surface area contributed by atoms with Gasteiger partial charge in [-0.15, -0.1) is 11.3 Å². The third-order valence-corrected chi connectivity index (χ3v) is 4.29.